The van der Waals surface area contributed by atoms with Gasteiger partial charge in [-0.3, -0.25) is 4.79 Å². The molecule has 1 aliphatic carbocycles. The van der Waals surface area contributed by atoms with Gasteiger partial charge in [0.15, 0.2) is 5.78 Å². The van der Waals surface area contributed by atoms with Gasteiger partial charge >= 0.3 is 0 Å². The summed E-state index contributed by atoms with van der Waals surface area (Å²) in [4.78, 5) is 11.6. The van der Waals surface area contributed by atoms with Gasteiger partial charge in [-0.1, -0.05) is 26.8 Å². The van der Waals surface area contributed by atoms with Crippen LogP contribution in [0.5, 0.6) is 0 Å². The molecule has 0 aromatic heterocycles. The Bertz CT molecular complexity index is 218. The van der Waals surface area contributed by atoms with E-state index < -0.39 is 0 Å². The Morgan fingerprint density at radius 2 is 2.15 bits per heavy atom. The van der Waals surface area contributed by atoms with E-state index in [1.165, 1.54) is 6.42 Å². The van der Waals surface area contributed by atoms with Crippen LogP contribution in [0.25, 0.3) is 0 Å². The fourth-order valence-corrected chi connectivity index (χ4v) is 1.57. The molecule has 13 heavy (non-hydrogen) atoms. The maximum atomic E-state index is 11.6. The fraction of sp³-hybridized carbons (Fsp3) is 0.750. The third-order valence-corrected chi connectivity index (χ3v) is 2.50. The maximum Gasteiger partial charge on any atom is 0.158 e. The number of carbonyl (C=O) groups is 1. The molecular formula is C12H20O. The molecule has 1 heteroatoms. The van der Waals surface area contributed by atoms with Crippen molar-refractivity contribution in [2.75, 3.05) is 0 Å². The van der Waals surface area contributed by atoms with Crippen molar-refractivity contribution in [1.82, 2.24) is 0 Å². The highest BCUT2D eigenvalue weighted by atomic mass is 16.1. The van der Waals surface area contributed by atoms with Crippen LogP contribution in [0.3, 0.4) is 0 Å². The minimum Gasteiger partial charge on any atom is -0.295 e. The number of Topliss-reactive ketones (excluding diaryl/α,β-unsaturated/α-hetero) is 1. The van der Waals surface area contributed by atoms with E-state index in [2.05, 4.69) is 26.8 Å². The summed E-state index contributed by atoms with van der Waals surface area (Å²) in [5, 5.41) is 0. The lowest BCUT2D eigenvalue weighted by molar-refractivity contribution is -0.116. The zero-order valence-corrected chi connectivity index (χ0v) is 9.02. The normalized spacial score (nSPS) is 17.3. The van der Waals surface area contributed by atoms with Crippen LogP contribution in [0.2, 0.25) is 0 Å². The van der Waals surface area contributed by atoms with Crippen LogP contribution in [0.4, 0.5) is 0 Å². The quantitative estimate of drug-likeness (QED) is 0.649. The SMILES string of the molecule is CC(C)(C)CCC(=O)C1=CCCC1. The van der Waals surface area contributed by atoms with E-state index in [1.54, 1.807) is 0 Å². The highest BCUT2D eigenvalue weighted by Crippen LogP contribution is 2.25. The molecule has 0 spiro atoms. The lowest BCUT2D eigenvalue weighted by atomic mass is 9.88. The summed E-state index contributed by atoms with van der Waals surface area (Å²) in [7, 11) is 0. The number of carbonyl (C=O) groups excluding carboxylic acids is 1. The maximum absolute atomic E-state index is 11.6. The molecular weight excluding hydrogens is 160 g/mol. The number of hydrogen-bond acceptors (Lipinski definition) is 1. The smallest absolute Gasteiger partial charge is 0.158 e. The lowest BCUT2D eigenvalue weighted by Crippen LogP contribution is -2.09. The van der Waals surface area contributed by atoms with Crippen molar-refractivity contribution in [3.8, 4) is 0 Å². The van der Waals surface area contributed by atoms with Crippen molar-refractivity contribution in [2.45, 2.75) is 52.9 Å². The summed E-state index contributed by atoms with van der Waals surface area (Å²) in [6.45, 7) is 6.55. The Hall–Kier alpha value is -0.590. The van der Waals surface area contributed by atoms with Gasteiger partial charge in [-0.25, -0.2) is 0 Å². The Balaban J connectivity index is 2.33. The van der Waals surface area contributed by atoms with Gasteiger partial charge in [-0.2, -0.15) is 0 Å². The van der Waals surface area contributed by atoms with E-state index in [-0.39, 0.29) is 5.41 Å². The van der Waals surface area contributed by atoms with Crippen LogP contribution < -0.4 is 0 Å². The second-order valence-corrected chi connectivity index (χ2v) is 5.11. The third-order valence-electron chi connectivity index (χ3n) is 2.50. The van der Waals surface area contributed by atoms with Crippen molar-refractivity contribution < 1.29 is 4.79 Å². The molecule has 0 atom stereocenters. The first kappa shape index (κ1) is 10.5. The summed E-state index contributed by atoms with van der Waals surface area (Å²) < 4.78 is 0. The van der Waals surface area contributed by atoms with Crippen LogP contribution >= 0.6 is 0 Å². The van der Waals surface area contributed by atoms with Gasteiger partial charge in [0.2, 0.25) is 0 Å². The molecule has 0 aromatic rings. The number of rotatable bonds is 3. The van der Waals surface area contributed by atoms with Gasteiger partial charge in [0.1, 0.15) is 0 Å². The second-order valence-electron chi connectivity index (χ2n) is 5.11. The van der Waals surface area contributed by atoms with Crippen LogP contribution in [0.15, 0.2) is 11.6 Å². The third kappa shape index (κ3) is 3.75. The molecule has 1 rings (SSSR count). The van der Waals surface area contributed by atoms with E-state index in [0.29, 0.717) is 5.78 Å². The van der Waals surface area contributed by atoms with Gasteiger partial charge in [0, 0.05) is 6.42 Å². The van der Waals surface area contributed by atoms with E-state index in [9.17, 15) is 4.79 Å². The molecule has 1 aliphatic rings. The molecule has 0 unspecified atom stereocenters. The van der Waals surface area contributed by atoms with Crippen LogP contribution in [0, 0.1) is 5.41 Å². The molecule has 0 heterocycles. The monoisotopic (exact) mass is 180 g/mol. The molecule has 74 valence electrons. The van der Waals surface area contributed by atoms with Crippen LogP contribution in [-0.4, -0.2) is 5.78 Å². The van der Waals surface area contributed by atoms with Gasteiger partial charge in [-0.05, 0) is 36.7 Å². The molecule has 0 amide bonds. The van der Waals surface area contributed by atoms with Crippen LogP contribution in [-0.2, 0) is 4.79 Å². The van der Waals surface area contributed by atoms with Crippen molar-refractivity contribution in [2.24, 2.45) is 5.41 Å². The van der Waals surface area contributed by atoms with Crippen molar-refractivity contribution >= 4 is 5.78 Å². The minimum atomic E-state index is 0.287. The summed E-state index contributed by atoms with van der Waals surface area (Å²) in [5.41, 5.74) is 1.37. The first-order valence-electron chi connectivity index (χ1n) is 5.21. The molecule has 1 nitrogen and oxygen atoms in total. The second kappa shape index (κ2) is 4.08. The first-order valence-corrected chi connectivity index (χ1v) is 5.21. The van der Waals surface area contributed by atoms with E-state index in [0.717, 1.165) is 31.3 Å². The highest BCUT2D eigenvalue weighted by Gasteiger charge is 2.17. The van der Waals surface area contributed by atoms with Gasteiger partial charge in [0.25, 0.3) is 0 Å². The van der Waals surface area contributed by atoms with Crippen molar-refractivity contribution in [1.29, 1.82) is 0 Å². The molecule has 0 saturated carbocycles. The fourth-order valence-electron chi connectivity index (χ4n) is 1.57. The molecule has 0 aromatic carbocycles. The summed E-state index contributed by atoms with van der Waals surface area (Å²) in [5.74, 6) is 0.382. The standard InChI is InChI=1S/C12H20O/c1-12(2,3)9-8-11(13)10-6-4-5-7-10/h6H,4-5,7-9H2,1-3H3. The predicted molar refractivity (Wildman–Crippen MR) is 55.6 cm³/mol. The topological polar surface area (TPSA) is 17.1 Å². The molecule has 0 N–H and O–H groups in total. The van der Waals surface area contributed by atoms with E-state index in [1.807, 2.05) is 0 Å². The summed E-state index contributed by atoms with van der Waals surface area (Å²) in [6.07, 6.45) is 7.15. The van der Waals surface area contributed by atoms with Gasteiger partial charge in [-0.15, -0.1) is 0 Å². The average Bonchev–Trinajstić information content (AvgIpc) is 2.50. The Kier molecular flexibility index (Phi) is 3.29. The zero-order valence-electron chi connectivity index (χ0n) is 9.02. The summed E-state index contributed by atoms with van der Waals surface area (Å²) in [6, 6.07) is 0. The minimum absolute atomic E-state index is 0.287. The number of ketones is 1. The Labute approximate surface area is 81.2 Å². The highest BCUT2D eigenvalue weighted by molar-refractivity contribution is 5.95. The van der Waals surface area contributed by atoms with Crippen molar-refractivity contribution in [3.05, 3.63) is 11.6 Å². The van der Waals surface area contributed by atoms with Crippen molar-refractivity contribution in [3.63, 3.8) is 0 Å². The Morgan fingerprint density at radius 1 is 1.46 bits per heavy atom. The van der Waals surface area contributed by atoms with Crippen LogP contribution in [0.1, 0.15) is 52.9 Å². The molecule has 0 aliphatic heterocycles. The molecule has 0 bridgehead atoms. The van der Waals surface area contributed by atoms with Gasteiger partial charge < -0.3 is 0 Å². The summed E-state index contributed by atoms with van der Waals surface area (Å²) >= 11 is 0. The van der Waals surface area contributed by atoms with E-state index >= 15 is 0 Å². The number of allylic oxidation sites excluding steroid dienone is 2. The molecule has 0 saturated heterocycles. The lowest BCUT2D eigenvalue weighted by Gasteiger charge is -2.17. The van der Waals surface area contributed by atoms with E-state index in [4.69, 9.17) is 0 Å². The molecule has 0 radical (unpaired) electrons. The largest absolute Gasteiger partial charge is 0.295 e. The number of hydrogen-bond donors (Lipinski definition) is 0. The zero-order chi connectivity index (χ0) is 9.90. The molecule has 0 fully saturated rings. The first-order chi connectivity index (χ1) is 5.99. The average molecular weight is 180 g/mol. The van der Waals surface area contributed by atoms with Gasteiger partial charge in [0.05, 0.1) is 0 Å². The Morgan fingerprint density at radius 3 is 2.62 bits per heavy atom. The predicted octanol–water partition coefficient (Wildman–Crippen LogP) is 3.49.